The molecule has 4 heteroatoms. The normalized spacial score (nSPS) is 14.3. The summed E-state index contributed by atoms with van der Waals surface area (Å²) in [5.74, 6) is -0.622. The molecular weight excluding hydrogens is 554 g/mol. The summed E-state index contributed by atoms with van der Waals surface area (Å²) >= 11 is 0. The molecule has 0 saturated heterocycles. The minimum Gasteiger partial charge on any atom is -0.456 e. The minimum atomic E-state index is -0.940. The van der Waals surface area contributed by atoms with Crippen molar-refractivity contribution in [2.75, 3.05) is 0 Å². The van der Waals surface area contributed by atoms with Crippen LogP contribution in [0.5, 0.6) is 0 Å². The molecule has 0 aliphatic heterocycles. The molecule has 4 aromatic rings. The zero-order valence-corrected chi connectivity index (χ0v) is 28.2. The highest BCUT2D eigenvalue weighted by Gasteiger charge is 2.35. The smallest absolute Gasteiger partial charge is 0.312 e. The highest BCUT2D eigenvalue weighted by molar-refractivity contribution is 5.74. The van der Waals surface area contributed by atoms with Gasteiger partial charge in [-0.15, -0.1) is 0 Å². The number of carbonyl (C=O) groups is 1. The molecule has 45 heavy (non-hydrogen) atoms. The zero-order valence-electron chi connectivity index (χ0n) is 28.2. The van der Waals surface area contributed by atoms with E-state index >= 15 is 0 Å². The molecule has 4 rings (SSSR count). The van der Waals surface area contributed by atoms with Crippen LogP contribution in [0.1, 0.15) is 90.3 Å². The van der Waals surface area contributed by atoms with Crippen LogP contribution in [0.25, 0.3) is 0 Å². The number of rotatable bonds is 14. The Bertz CT molecular complexity index is 1490. The first-order chi connectivity index (χ1) is 21.5. The monoisotopic (exact) mass is 605 g/mol. The Morgan fingerprint density at radius 2 is 1.27 bits per heavy atom. The van der Waals surface area contributed by atoms with Crippen LogP contribution in [0.3, 0.4) is 0 Å². The van der Waals surface area contributed by atoms with Gasteiger partial charge in [0, 0.05) is 19.1 Å². The third-order valence-corrected chi connectivity index (χ3v) is 9.10. The van der Waals surface area contributed by atoms with E-state index in [1.807, 2.05) is 60.7 Å². The van der Waals surface area contributed by atoms with Crippen LogP contribution in [0, 0.1) is 39.5 Å². The van der Waals surface area contributed by atoms with Crippen LogP contribution in [0.15, 0.2) is 97.1 Å². The van der Waals surface area contributed by atoms with E-state index in [0.717, 1.165) is 24.1 Å². The lowest BCUT2D eigenvalue weighted by Crippen LogP contribution is -2.40. The molecule has 0 amide bonds. The van der Waals surface area contributed by atoms with E-state index in [1.54, 1.807) is 0 Å². The van der Waals surface area contributed by atoms with Gasteiger partial charge in [0.25, 0.3) is 0 Å². The highest BCUT2D eigenvalue weighted by Crippen LogP contribution is 2.34. The van der Waals surface area contributed by atoms with Crippen LogP contribution in [-0.2, 0) is 22.6 Å². The maximum absolute atomic E-state index is 14.2. The number of hydrogen-bond donors (Lipinski definition) is 1. The maximum atomic E-state index is 14.2. The number of hydrogen-bond acceptors (Lipinski definition) is 4. The van der Waals surface area contributed by atoms with Crippen molar-refractivity contribution in [2.24, 2.45) is 11.8 Å². The summed E-state index contributed by atoms with van der Waals surface area (Å²) in [6, 6.07) is 32.4. The molecule has 0 radical (unpaired) electrons. The summed E-state index contributed by atoms with van der Waals surface area (Å²) in [5, 5.41) is 11.5. The third-order valence-electron chi connectivity index (χ3n) is 9.10. The first-order valence-corrected chi connectivity index (χ1v) is 16.4. The summed E-state index contributed by atoms with van der Waals surface area (Å²) in [5.41, 5.74) is 9.26. The van der Waals surface area contributed by atoms with Crippen molar-refractivity contribution in [3.8, 4) is 0 Å². The highest BCUT2D eigenvalue weighted by atomic mass is 16.5. The zero-order chi connectivity index (χ0) is 32.5. The van der Waals surface area contributed by atoms with Crippen LogP contribution in [0.4, 0.5) is 0 Å². The van der Waals surface area contributed by atoms with Gasteiger partial charge in [0.2, 0.25) is 0 Å². The standard InChI is InChI=1S/C41H51NO3/c1-28(2)22-23-37(39(43)34-17-10-8-11-18-34)41(44)45-40(35-19-12-9-13-20-35)33(7)42(26-36-21-15-14-16-30(36)4)27-38-31(5)24-29(3)25-32(38)6/h8-21,24-25,28,33,37,39-40,43H,22-23,26-27H2,1-7H3/t33-,37+,39+,40-/m0/s1. The second-order valence-electron chi connectivity index (χ2n) is 13.2. The molecule has 0 spiro atoms. The molecule has 0 fully saturated rings. The molecule has 4 atom stereocenters. The number of ether oxygens (including phenoxy) is 1. The second-order valence-corrected chi connectivity index (χ2v) is 13.2. The van der Waals surface area contributed by atoms with E-state index in [1.165, 1.54) is 33.4 Å². The van der Waals surface area contributed by atoms with Crippen molar-refractivity contribution in [1.82, 2.24) is 4.90 Å². The molecule has 238 valence electrons. The first-order valence-electron chi connectivity index (χ1n) is 16.4. The van der Waals surface area contributed by atoms with Crippen LogP contribution in [0.2, 0.25) is 0 Å². The van der Waals surface area contributed by atoms with Gasteiger partial charge in [-0.1, -0.05) is 123 Å². The van der Waals surface area contributed by atoms with Gasteiger partial charge in [-0.25, -0.2) is 0 Å². The van der Waals surface area contributed by atoms with Gasteiger partial charge in [-0.3, -0.25) is 9.69 Å². The fourth-order valence-electron chi connectivity index (χ4n) is 6.30. The maximum Gasteiger partial charge on any atom is 0.312 e. The number of aliphatic hydroxyl groups excluding tert-OH is 1. The minimum absolute atomic E-state index is 0.157. The van der Waals surface area contributed by atoms with Crippen LogP contribution < -0.4 is 0 Å². The van der Waals surface area contributed by atoms with Crippen molar-refractivity contribution in [1.29, 1.82) is 0 Å². The van der Waals surface area contributed by atoms with Gasteiger partial charge >= 0.3 is 5.97 Å². The summed E-state index contributed by atoms with van der Waals surface area (Å²) in [6.45, 7) is 16.5. The largest absolute Gasteiger partial charge is 0.456 e. The Hall–Kier alpha value is -3.73. The molecule has 0 bridgehead atoms. The van der Waals surface area contributed by atoms with Gasteiger partial charge in [0.15, 0.2) is 0 Å². The Morgan fingerprint density at radius 3 is 1.84 bits per heavy atom. The number of benzene rings is 4. The van der Waals surface area contributed by atoms with Gasteiger partial charge in [0.1, 0.15) is 6.10 Å². The molecule has 4 aromatic carbocycles. The Kier molecular flexibility index (Phi) is 12.2. The molecule has 0 saturated carbocycles. The summed E-state index contributed by atoms with van der Waals surface area (Å²) in [6.07, 6.45) is -0.0963. The predicted molar refractivity (Wildman–Crippen MR) is 185 cm³/mol. The SMILES string of the molecule is Cc1cc(C)c(CN(Cc2ccccc2C)[C@@H](C)[C@H](OC(=O)[C@H](CCC(C)C)[C@H](O)c2ccccc2)c2ccccc2)c(C)c1. The number of esters is 1. The molecule has 0 aromatic heterocycles. The van der Waals surface area contributed by atoms with Crippen molar-refractivity contribution in [3.63, 3.8) is 0 Å². The number of nitrogens with zero attached hydrogens (tertiary/aromatic N) is 1. The van der Waals surface area contributed by atoms with E-state index in [9.17, 15) is 9.90 Å². The fraction of sp³-hybridized carbons (Fsp3) is 0.390. The summed E-state index contributed by atoms with van der Waals surface area (Å²) in [7, 11) is 0. The van der Waals surface area contributed by atoms with Gasteiger partial charge in [-0.05, 0) is 85.9 Å². The third kappa shape index (κ3) is 9.15. The fourth-order valence-corrected chi connectivity index (χ4v) is 6.30. The van der Waals surface area contributed by atoms with Gasteiger partial charge in [0.05, 0.1) is 12.0 Å². The second kappa shape index (κ2) is 16.0. The molecule has 0 unspecified atom stereocenters. The Labute approximate surface area is 271 Å². The van der Waals surface area contributed by atoms with Crippen LogP contribution >= 0.6 is 0 Å². The summed E-state index contributed by atoms with van der Waals surface area (Å²) < 4.78 is 6.56. The molecule has 1 N–H and O–H groups in total. The lowest BCUT2D eigenvalue weighted by molar-refractivity contribution is -0.163. The number of carbonyl (C=O) groups excluding carboxylic acids is 1. The first kappa shape index (κ1) is 34.1. The van der Waals surface area contributed by atoms with E-state index in [0.29, 0.717) is 18.9 Å². The van der Waals surface area contributed by atoms with Crippen molar-refractivity contribution < 1.29 is 14.6 Å². The summed E-state index contributed by atoms with van der Waals surface area (Å²) in [4.78, 5) is 16.6. The molecule has 0 heterocycles. The molecular formula is C41H51NO3. The van der Waals surface area contributed by atoms with Gasteiger partial charge < -0.3 is 9.84 Å². The van der Waals surface area contributed by atoms with Crippen LogP contribution in [-0.4, -0.2) is 22.0 Å². The lowest BCUT2D eigenvalue weighted by atomic mass is 9.89. The Balaban J connectivity index is 1.72. The van der Waals surface area contributed by atoms with E-state index in [-0.39, 0.29) is 12.0 Å². The number of aryl methyl sites for hydroxylation is 4. The molecule has 0 aliphatic rings. The quantitative estimate of drug-likeness (QED) is 0.146. The lowest BCUT2D eigenvalue weighted by Gasteiger charge is -2.37. The topological polar surface area (TPSA) is 49.8 Å². The average molecular weight is 606 g/mol. The Morgan fingerprint density at radius 1 is 0.711 bits per heavy atom. The molecule has 4 nitrogen and oxygen atoms in total. The van der Waals surface area contributed by atoms with E-state index < -0.39 is 18.1 Å². The van der Waals surface area contributed by atoms with E-state index in [4.69, 9.17) is 4.74 Å². The van der Waals surface area contributed by atoms with Crippen molar-refractivity contribution >= 4 is 5.97 Å². The predicted octanol–water partition coefficient (Wildman–Crippen LogP) is 9.38. The average Bonchev–Trinajstić information content (AvgIpc) is 3.02. The van der Waals surface area contributed by atoms with Crippen molar-refractivity contribution in [3.05, 3.63) is 142 Å². The van der Waals surface area contributed by atoms with Gasteiger partial charge in [-0.2, -0.15) is 0 Å². The molecule has 0 aliphatic carbocycles. The van der Waals surface area contributed by atoms with E-state index in [2.05, 4.69) is 89.8 Å². The van der Waals surface area contributed by atoms with Crippen molar-refractivity contribution in [2.45, 2.75) is 92.6 Å². The number of aliphatic hydroxyl groups is 1.